The van der Waals surface area contributed by atoms with Crippen LogP contribution in [-0.2, 0) is 59.5 Å². The van der Waals surface area contributed by atoms with Gasteiger partial charge in [-0.05, 0) is 188 Å². The van der Waals surface area contributed by atoms with Crippen molar-refractivity contribution in [3.05, 3.63) is 0 Å². The zero-order chi connectivity index (χ0) is 52.5. The molecule has 0 amide bonds. The Morgan fingerprint density at radius 2 is 0.448 bits per heavy atom. The fourth-order valence-corrected chi connectivity index (χ4v) is 70.1. The maximum absolute atomic E-state index is 9.40. The first-order valence-electron chi connectivity index (χ1n) is 24.2. The number of ether oxygens (including phenoxy) is 3. The Kier molecular flexibility index (Phi) is 29.5. The van der Waals surface area contributed by atoms with Crippen molar-refractivity contribution in [1.82, 2.24) is 0 Å². The summed E-state index contributed by atoms with van der Waals surface area (Å²) in [4.78, 5) is 0. The molecule has 0 rings (SSSR count). The molecule has 0 aromatic carbocycles. The summed E-state index contributed by atoms with van der Waals surface area (Å²) < 4.78 is 93.9. The Morgan fingerprint density at radius 3 is 0.687 bits per heavy atom. The third-order valence-corrected chi connectivity index (χ3v) is 55.4. The lowest BCUT2D eigenvalue weighted by molar-refractivity contribution is 0.0905. The molecule has 0 saturated heterocycles. The SMILES string of the molecule is C[Si](C)(C)O[Si](C)(C)O[Si](C)(C)O[Si](C)(C)O[Si](C)(C)O[Si](C)(C)O[Si](C)(C)O[Si](C)(C)O[Si](C)(CCCOCCO)O[Si](C)(CCCOCCO)O[Si](C)(CCCOCCO)O[Si](C)(C)C. The molecular weight excluding hydrogens is 1070 g/mol. The van der Waals surface area contributed by atoms with Gasteiger partial charge in [0.1, 0.15) is 0 Å². The van der Waals surface area contributed by atoms with Crippen LogP contribution in [0.15, 0.2) is 0 Å². The Labute approximate surface area is 421 Å². The van der Waals surface area contributed by atoms with E-state index in [9.17, 15) is 15.3 Å². The number of hydrogen-bond donors (Lipinski definition) is 3. The maximum atomic E-state index is 9.40. The van der Waals surface area contributed by atoms with Crippen molar-refractivity contribution in [1.29, 1.82) is 0 Å². The van der Waals surface area contributed by atoms with Crippen LogP contribution in [0.3, 0.4) is 0 Å². The molecule has 0 aliphatic carbocycles. The van der Waals surface area contributed by atoms with Crippen molar-refractivity contribution >= 4 is 102 Å². The highest BCUT2D eigenvalue weighted by atomic mass is 28.5. The minimum atomic E-state index is -3.14. The summed E-state index contributed by atoms with van der Waals surface area (Å²) in [5.41, 5.74) is 0. The summed E-state index contributed by atoms with van der Waals surface area (Å²) >= 11 is 0. The number of aliphatic hydroxyl groups is 3. The van der Waals surface area contributed by atoms with Gasteiger partial charge < -0.3 is 74.8 Å². The van der Waals surface area contributed by atoms with Crippen LogP contribution in [0.2, 0.25) is 169 Å². The van der Waals surface area contributed by atoms with Gasteiger partial charge in [0, 0.05) is 19.8 Å². The Bertz CT molecular complexity index is 1390. The number of rotatable bonds is 40. The minimum absolute atomic E-state index is 0.0265. The van der Waals surface area contributed by atoms with Gasteiger partial charge in [0.25, 0.3) is 0 Å². The Balaban J connectivity index is 6.59. The smallest absolute Gasteiger partial charge is 0.317 e. The van der Waals surface area contributed by atoms with Crippen LogP contribution < -0.4 is 0 Å². The van der Waals surface area contributed by atoms with E-state index in [2.05, 4.69) is 124 Å². The summed E-state index contributed by atoms with van der Waals surface area (Å²) in [7, 11) is -32.4. The van der Waals surface area contributed by atoms with Crippen LogP contribution >= 0.6 is 0 Å². The predicted octanol–water partition coefficient (Wildman–Crippen LogP) is 9.16. The maximum Gasteiger partial charge on any atom is 0.317 e. The Hall–Kier alpha value is 1.92. The molecular formula is C38H102O17Si12. The normalized spacial score (nSPS) is 17.1. The highest BCUT2D eigenvalue weighted by Crippen LogP contribution is 2.36. The molecule has 0 aliphatic rings. The van der Waals surface area contributed by atoms with Gasteiger partial charge in [0.15, 0.2) is 16.6 Å². The van der Waals surface area contributed by atoms with Crippen molar-refractivity contribution in [3.8, 4) is 0 Å². The van der Waals surface area contributed by atoms with Gasteiger partial charge in [-0.15, -0.1) is 0 Å². The second-order valence-corrected chi connectivity index (χ2v) is 68.2. The molecule has 67 heavy (non-hydrogen) atoms. The fraction of sp³-hybridized carbons (Fsp3) is 1.00. The third-order valence-electron chi connectivity index (χ3n) is 8.81. The first-order chi connectivity index (χ1) is 30.0. The predicted molar refractivity (Wildman–Crippen MR) is 298 cm³/mol. The average molecular weight is 1170 g/mol. The Morgan fingerprint density at radius 1 is 0.239 bits per heavy atom. The lowest BCUT2D eigenvalue weighted by Gasteiger charge is -2.46. The van der Waals surface area contributed by atoms with Gasteiger partial charge in [0.05, 0.1) is 39.6 Å². The van der Waals surface area contributed by atoms with Crippen LogP contribution in [0.4, 0.5) is 0 Å². The molecule has 29 heteroatoms. The zero-order valence-electron chi connectivity index (χ0n) is 46.7. The second kappa shape index (κ2) is 28.7. The molecule has 3 unspecified atom stereocenters. The van der Waals surface area contributed by atoms with E-state index in [1.807, 2.05) is 26.2 Å². The van der Waals surface area contributed by atoms with Gasteiger partial charge in [-0.25, -0.2) is 0 Å². The monoisotopic (exact) mass is 1170 g/mol. The second-order valence-electron chi connectivity index (χ2n) is 22.9. The first-order valence-corrected chi connectivity index (χ1v) is 58.3. The van der Waals surface area contributed by atoms with Gasteiger partial charge >= 0.3 is 85.6 Å². The summed E-state index contributed by atoms with van der Waals surface area (Å²) in [6, 6.07) is 1.93. The summed E-state index contributed by atoms with van der Waals surface area (Å²) in [6.45, 7) is 50.3. The van der Waals surface area contributed by atoms with Gasteiger partial charge in [-0.3, -0.25) is 0 Å². The molecule has 0 radical (unpaired) electrons. The molecule has 0 aromatic heterocycles. The summed E-state index contributed by atoms with van der Waals surface area (Å²) in [6.07, 6.45) is 2.06. The fourth-order valence-electron chi connectivity index (χ4n) is 8.87. The van der Waals surface area contributed by atoms with E-state index < -0.39 is 102 Å². The van der Waals surface area contributed by atoms with E-state index in [1.54, 1.807) is 0 Å². The molecule has 0 fully saturated rings. The molecule has 3 atom stereocenters. The molecule has 0 spiro atoms. The molecule has 0 heterocycles. The number of aliphatic hydroxyl groups excluding tert-OH is 3. The summed E-state index contributed by atoms with van der Waals surface area (Å²) in [5, 5.41) is 28.1. The largest absolute Gasteiger partial charge is 0.437 e. The van der Waals surface area contributed by atoms with Crippen LogP contribution in [0.5, 0.6) is 0 Å². The highest BCUT2D eigenvalue weighted by Gasteiger charge is 2.53. The van der Waals surface area contributed by atoms with Crippen molar-refractivity contribution in [3.63, 3.8) is 0 Å². The molecule has 0 saturated carbocycles. The first kappa shape index (κ1) is 68.9. The van der Waals surface area contributed by atoms with E-state index in [-0.39, 0.29) is 39.6 Å². The molecule has 3 N–H and O–H groups in total. The van der Waals surface area contributed by atoms with E-state index in [0.717, 1.165) is 6.42 Å². The third kappa shape index (κ3) is 34.9. The van der Waals surface area contributed by atoms with Crippen LogP contribution in [0.1, 0.15) is 19.3 Å². The quantitative estimate of drug-likeness (QED) is 0.0389. The van der Waals surface area contributed by atoms with Gasteiger partial charge in [0.2, 0.25) is 0 Å². The molecule has 17 nitrogen and oxygen atoms in total. The lowest BCUT2D eigenvalue weighted by atomic mass is 10.5. The average Bonchev–Trinajstić information content (AvgIpc) is 3.01. The number of hydrogen-bond acceptors (Lipinski definition) is 17. The van der Waals surface area contributed by atoms with E-state index in [1.165, 1.54) is 0 Å². The molecule has 404 valence electrons. The van der Waals surface area contributed by atoms with Crippen molar-refractivity contribution in [2.75, 3.05) is 59.5 Å². The summed E-state index contributed by atoms with van der Waals surface area (Å²) in [5.74, 6) is 0. The standard InChI is InChI=1S/C38H102O17Si12/c1-56(2,3)45-58(7,8)47-59(9,10)48-60(11,12)49-61(13,14)50-62(15,16)51-63(17,18)52-64(19,20)53-66(22,37-25-31-43-34-28-40)55-67(23,38-26-32-44-35-29-41)54-65(21,46-57(4,5)6)36-24-30-42-33-27-39/h39-41H,24-38H2,1-23H3. The van der Waals surface area contributed by atoms with Gasteiger partial charge in [-0.2, -0.15) is 0 Å². The highest BCUT2D eigenvalue weighted by molar-refractivity contribution is 6.94. The molecule has 0 aliphatic heterocycles. The van der Waals surface area contributed by atoms with Crippen LogP contribution in [0.25, 0.3) is 0 Å². The molecule has 0 bridgehead atoms. The topological polar surface area (TPSA) is 190 Å². The van der Waals surface area contributed by atoms with E-state index >= 15 is 0 Å². The molecule has 0 aromatic rings. The van der Waals surface area contributed by atoms with Crippen LogP contribution in [-0.4, -0.2) is 177 Å². The van der Waals surface area contributed by atoms with E-state index in [0.29, 0.717) is 50.8 Å². The van der Waals surface area contributed by atoms with Gasteiger partial charge in [-0.1, -0.05) is 0 Å². The zero-order valence-corrected chi connectivity index (χ0v) is 58.7. The minimum Gasteiger partial charge on any atom is -0.437 e. The lowest BCUT2D eigenvalue weighted by Crippen LogP contribution is -2.63. The van der Waals surface area contributed by atoms with Crippen molar-refractivity contribution in [2.24, 2.45) is 0 Å². The van der Waals surface area contributed by atoms with Crippen molar-refractivity contribution in [2.45, 2.75) is 188 Å². The van der Waals surface area contributed by atoms with Crippen LogP contribution in [0, 0.1) is 0 Å². The van der Waals surface area contributed by atoms with Crippen molar-refractivity contribution < 1.29 is 74.8 Å². The van der Waals surface area contributed by atoms with E-state index in [4.69, 9.17) is 59.5 Å².